The number of H-pyrrole nitrogens is 1. The first kappa shape index (κ1) is 21.4. The van der Waals surface area contributed by atoms with Crippen molar-refractivity contribution >= 4 is 55.7 Å². The third kappa shape index (κ3) is 4.74. The second-order valence-electron chi connectivity index (χ2n) is 7.05. The maximum atomic E-state index is 12.7. The second kappa shape index (κ2) is 8.34. The minimum absolute atomic E-state index is 0.136. The molecule has 1 amide bonds. The number of imidazole rings is 1. The molecular formula is C22H17Cl2N3O3S. The van der Waals surface area contributed by atoms with Crippen LogP contribution < -0.4 is 5.32 Å². The highest BCUT2D eigenvalue weighted by Crippen LogP contribution is 2.27. The highest BCUT2D eigenvalue weighted by Gasteiger charge is 2.13. The van der Waals surface area contributed by atoms with Gasteiger partial charge in [0.2, 0.25) is 0 Å². The van der Waals surface area contributed by atoms with Crippen molar-refractivity contribution in [3.8, 4) is 0 Å². The van der Waals surface area contributed by atoms with Crippen LogP contribution in [0.2, 0.25) is 10.0 Å². The summed E-state index contributed by atoms with van der Waals surface area (Å²) in [5.74, 6) is 0.307. The van der Waals surface area contributed by atoms with Crippen LogP contribution in [0.5, 0.6) is 0 Å². The summed E-state index contributed by atoms with van der Waals surface area (Å²) in [5, 5.41) is 3.84. The fraction of sp³-hybridized carbons (Fsp3) is 0.0909. The molecule has 0 saturated carbocycles. The predicted octanol–water partition coefficient (Wildman–Crippen LogP) is 5.12. The fourth-order valence-electron chi connectivity index (χ4n) is 3.16. The van der Waals surface area contributed by atoms with Crippen molar-refractivity contribution < 1.29 is 13.2 Å². The zero-order valence-electron chi connectivity index (χ0n) is 16.3. The number of sulfone groups is 1. The van der Waals surface area contributed by atoms with E-state index in [-0.39, 0.29) is 10.8 Å². The van der Waals surface area contributed by atoms with E-state index in [2.05, 4.69) is 15.3 Å². The number of nitrogens with zero attached hydrogens (tertiary/aromatic N) is 1. The molecule has 1 aromatic heterocycles. The summed E-state index contributed by atoms with van der Waals surface area (Å²) in [5.41, 5.74) is 2.97. The van der Waals surface area contributed by atoms with Gasteiger partial charge in [-0.3, -0.25) is 4.79 Å². The second-order valence-corrected chi connectivity index (χ2v) is 9.88. The van der Waals surface area contributed by atoms with Crippen LogP contribution >= 0.6 is 23.2 Å². The van der Waals surface area contributed by atoms with E-state index in [1.807, 2.05) is 0 Å². The molecule has 0 bridgehead atoms. The van der Waals surface area contributed by atoms with E-state index >= 15 is 0 Å². The molecule has 0 fully saturated rings. The Hall–Kier alpha value is -2.87. The van der Waals surface area contributed by atoms with Gasteiger partial charge in [0, 0.05) is 34.0 Å². The van der Waals surface area contributed by atoms with Crippen LogP contribution in [0.4, 0.5) is 5.69 Å². The third-order valence-corrected chi connectivity index (χ3v) is 6.54. The molecule has 0 aliphatic heterocycles. The SMILES string of the molecule is CS(=O)(=O)c1cccc(NC(=O)c2ccc3nc(Cc4c(Cl)cccc4Cl)[nH]c3c2)c1. The van der Waals surface area contributed by atoms with Crippen molar-refractivity contribution in [3.63, 3.8) is 0 Å². The van der Waals surface area contributed by atoms with E-state index < -0.39 is 9.84 Å². The van der Waals surface area contributed by atoms with Gasteiger partial charge in [0.15, 0.2) is 9.84 Å². The van der Waals surface area contributed by atoms with E-state index in [9.17, 15) is 13.2 Å². The van der Waals surface area contributed by atoms with Crippen LogP contribution in [0.25, 0.3) is 11.0 Å². The Balaban J connectivity index is 1.57. The molecule has 6 nitrogen and oxygen atoms in total. The zero-order valence-corrected chi connectivity index (χ0v) is 18.6. The topological polar surface area (TPSA) is 91.9 Å². The van der Waals surface area contributed by atoms with Crippen LogP contribution in [0.15, 0.2) is 65.6 Å². The summed E-state index contributed by atoms with van der Waals surface area (Å²) < 4.78 is 23.4. The zero-order chi connectivity index (χ0) is 22.2. The lowest BCUT2D eigenvalue weighted by atomic mass is 10.1. The van der Waals surface area contributed by atoms with Crippen molar-refractivity contribution in [3.05, 3.63) is 87.7 Å². The van der Waals surface area contributed by atoms with Crippen LogP contribution in [-0.4, -0.2) is 30.5 Å². The number of nitrogens with one attached hydrogen (secondary N) is 2. The number of aromatic nitrogens is 2. The number of carbonyl (C=O) groups excluding carboxylic acids is 1. The first-order valence-electron chi connectivity index (χ1n) is 9.24. The quantitative estimate of drug-likeness (QED) is 0.420. The molecule has 0 spiro atoms. The van der Waals surface area contributed by atoms with Crippen LogP contribution in [-0.2, 0) is 16.3 Å². The van der Waals surface area contributed by atoms with Gasteiger partial charge in [0.25, 0.3) is 5.91 Å². The van der Waals surface area contributed by atoms with Gasteiger partial charge in [-0.05, 0) is 54.1 Å². The summed E-state index contributed by atoms with van der Waals surface area (Å²) in [6.45, 7) is 0. The minimum Gasteiger partial charge on any atom is -0.342 e. The lowest BCUT2D eigenvalue weighted by Gasteiger charge is -2.07. The van der Waals surface area contributed by atoms with E-state index in [1.54, 1.807) is 48.5 Å². The molecule has 0 aliphatic rings. The number of hydrogen-bond donors (Lipinski definition) is 2. The molecule has 0 unspecified atom stereocenters. The summed E-state index contributed by atoms with van der Waals surface area (Å²) in [6.07, 6.45) is 1.54. The van der Waals surface area contributed by atoms with Crippen LogP contribution in [0, 0.1) is 0 Å². The Morgan fingerprint density at radius 2 is 1.74 bits per heavy atom. The van der Waals surface area contributed by atoms with Crippen molar-refractivity contribution in [2.75, 3.05) is 11.6 Å². The van der Waals surface area contributed by atoms with Gasteiger partial charge >= 0.3 is 0 Å². The molecular weight excluding hydrogens is 457 g/mol. The third-order valence-electron chi connectivity index (χ3n) is 4.72. The molecule has 4 rings (SSSR count). The van der Waals surface area contributed by atoms with Gasteiger partial charge in [-0.2, -0.15) is 0 Å². The Kier molecular flexibility index (Phi) is 5.75. The summed E-state index contributed by atoms with van der Waals surface area (Å²) in [6, 6.07) is 16.5. The average molecular weight is 474 g/mol. The molecule has 2 N–H and O–H groups in total. The lowest BCUT2D eigenvalue weighted by Crippen LogP contribution is -2.12. The van der Waals surface area contributed by atoms with E-state index in [4.69, 9.17) is 23.2 Å². The Bertz CT molecular complexity index is 1390. The number of aromatic amines is 1. The maximum Gasteiger partial charge on any atom is 0.255 e. The van der Waals surface area contributed by atoms with Crippen LogP contribution in [0.1, 0.15) is 21.7 Å². The molecule has 0 atom stereocenters. The van der Waals surface area contributed by atoms with Gasteiger partial charge in [0.1, 0.15) is 5.82 Å². The van der Waals surface area contributed by atoms with Crippen molar-refractivity contribution in [2.24, 2.45) is 0 Å². The average Bonchev–Trinajstić information content (AvgIpc) is 3.12. The molecule has 0 saturated heterocycles. The fourth-order valence-corrected chi connectivity index (χ4v) is 4.36. The molecule has 4 aromatic rings. The van der Waals surface area contributed by atoms with E-state index in [1.165, 1.54) is 12.1 Å². The van der Waals surface area contributed by atoms with Crippen molar-refractivity contribution in [2.45, 2.75) is 11.3 Å². The number of carbonyl (C=O) groups is 1. The number of rotatable bonds is 5. The number of anilines is 1. The maximum absolute atomic E-state index is 12.7. The number of hydrogen-bond acceptors (Lipinski definition) is 4. The Morgan fingerprint density at radius 3 is 2.45 bits per heavy atom. The highest BCUT2D eigenvalue weighted by molar-refractivity contribution is 7.90. The number of benzene rings is 3. The summed E-state index contributed by atoms with van der Waals surface area (Å²) in [4.78, 5) is 20.6. The van der Waals surface area contributed by atoms with Crippen molar-refractivity contribution in [1.82, 2.24) is 9.97 Å². The standard InChI is InChI=1S/C22H17Cl2N3O3S/c1-31(29,30)15-5-2-4-14(11-15)25-22(28)13-8-9-19-20(10-13)27-21(26-19)12-16-17(23)6-3-7-18(16)24/h2-11H,12H2,1H3,(H,25,28)(H,26,27). The predicted molar refractivity (Wildman–Crippen MR) is 123 cm³/mol. The van der Waals surface area contributed by atoms with Gasteiger partial charge < -0.3 is 10.3 Å². The summed E-state index contributed by atoms with van der Waals surface area (Å²) in [7, 11) is -3.37. The highest BCUT2D eigenvalue weighted by atomic mass is 35.5. The van der Waals surface area contributed by atoms with Crippen molar-refractivity contribution in [1.29, 1.82) is 0 Å². The first-order chi connectivity index (χ1) is 14.7. The monoisotopic (exact) mass is 473 g/mol. The normalized spacial score (nSPS) is 11.6. The minimum atomic E-state index is -3.37. The molecule has 9 heteroatoms. The molecule has 1 heterocycles. The molecule has 158 valence electrons. The van der Waals surface area contributed by atoms with Gasteiger partial charge in [-0.25, -0.2) is 13.4 Å². The molecule has 0 aliphatic carbocycles. The Labute approximate surface area is 189 Å². The summed E-state index contributed by atoms with van der Waals surface area (Å²) >= 11 is 12.5. The van der Waals surface area contributed by atoms with E-state index in [0.717, 1.165) is 11.8 Å². The number of fused-ring (bicyclic) bond motifs is 1. The van der Waals surface area contributed by atoms with E-state index in [0.29, 0.717) is 44.6 Å². The molecule has 3 aromatic carbocycles. The molecule has 31 heavy (non-hydrogen) atoms. The first-order valence-corrected chi connectivity index (χ1v) is 11.9. The smallest absolute Gasteiger partial charge is 0.255 e. The number of amides is 1. The van der Waals surface area contributed by atoms with Crippen LogP contribution in [0.3, 0.4) is 0 Å². The number of halogens is 2. The lowest BCUT2D eigenvalue weighted by molar-refractivity contribution is 0.102. The van der Waals surface area contributed by atoms with Gasteiger partial charge in [-0.15, -0.1) is 0 Å². The molecule has 0 radical (unpaired) electrons. The van der Waals surface area contributed by atoms with Gasteiger partial charge in [-0.1, -0.05) is 35.3 Å². The van der Waals surface area contributed by atoms with Gasteiger partial charge in [0.05, 0.1) is 15.9 Å². The largest absolute Gasteiger partial charge is 0.342 e. The Morgan fingerprint density at radius 1 is 1.03 bits per heavy atom.